The number of likely N-dealkylation sites (N-methyl/N-ethyl adjacent to an activating group) is 1. The second-order valence-corrected chi connectivity index (χ2v) is 7.60. The monoisotopic (exact) mass is 313 g/mol. The van der Waals surface area contributed by atoms with Gasteiger partial charge in [0, 0.05) is 17.6 Å². The number of hydrogen-bond donors (Lipinski definition) is 1. The van der Waals surface area contributed by atoms with Crippen molar-refractivity contribution in [3.05, 3.63) is 22.8 Å². The van der Waals surface area contributed by atoms with Crippen LogP contribution in [-0.2, 0) is 29.1 Å². The van der Waals surface area contributed by atoms with Crippen molar-refractivity contribution in [1.29, 1.82) is 0 Å². The molecule has 1 rings (SSSR count). The second-order valence-electron chi connectivity index (χ2n) is 5.24. The van der Waals surface area contributed by atoms with Crippen LogP contribution in [0.15, 0.2) is 0 Å². The predicted molar refractivity (Wildman–Crippen MR) is 86.3 cm³/mol. The summed E-state index contributed by atoms with van der Waals surface area (Å²) in [7, 11) is -3.18. The van der Waals surface area contributed by atoms with E-state index in [1.807, 2.05) is 13.8 Å². The summed E-state index contributed by atoms with van der Waals surface area (Å²) in [6, 6.07) is 0. The van der Waals surface area contributed by atoms with Crippen LogP contribution in [0, 0.1) is 0 Å². The molecule has 0 spiro atoms. The Morgan fingerprint density at radius 1 is 1.10 bits per heavy atom. The maximum atomic E-state index is 11.7. The molecule has 0 aliphatic heterocycles. The largest absolute Gasteiger partial charge is 0.317 e. The molecule has 0 aliphatic rings. The number of nitrogens with zero attached hydrogens (tertiary/aromatic N) is 2. The van der Waals surface area contributed by atoms with Crippen molar-refractivity contribution in [2.45, 2.75) is 52.2 Å². The summed E-state index contributed by atoms with van der Waals surface area (Å²) in [5, 5.41) is 2.65. The molecule has 0 fully saturated rings. The van der Waals surface area contributed by atoms with Gasteiger partial charge >= 0.3 is 0 Å². The highest BCUT2D eigenvalue weighted by atomic mass is 32.2. The number of aryl methyl sites for hydroxylation is 2. The molecule has 5 nitrogen and oxygen atoms in total. The summed E-state index contributed by atoms with van der Waals surface area (Å²) < 4.78 is 23.5. The minimum Gasteiger partial charge on any atom is -0.317 e. The first-order valence-electron chi connectivity index (χ1n) is 7.63. The van der Waals surface area contributed by atoms with Gasteiger partial charge in [-0.05, 0) is 44.8 Å². The third-order valence-electron chi connectivity index (χ3n) is 3.67. The quantitative estimate of drug-likeness (QED) is 0.742. The van der Waals surface area contributed by atoms with Crippen LogP contribution in [0.3, 0.4) is 0 Å². The summed E-state index contributed by atoms with van der Waals surface area (Å²) in [4.78, 5) is 9.05. The maximum absolute atomic E-state index is 11.7. The molecule has 1 N–H and O–H groups in total. The van der Waals surface area contributed by atoms with Crippen molar-refractivity contribution in [3.8, 4) is 0 Å². The normalized spacial score (nSPS) is 13.4. The van der Waals surface area contributed by atoms with Gasteiger partial charge in [-0.2, -0.15) is 0 Å². The van der Waals surface area contributed by atoms with Crippen LogP contribution in [0.1, 0.15) is 55.7 Å². The number of aromatic nitrogens is 2. The van der Waals surface area contributed by atoms with Gasteiger partial charge in [-0.25, -0.2) is 18.4 Å². The van der Waals surface area contributed by atoms with Crippen LogP contribution < -0.4 is 5.32 Å². The fourth-order valence-electron chi connectivity index (χ4n) is 2.24. The third-order valence-corrected chi connectivity index (χ3v) is 5.17. The van der Waals surface area contributed by atoms with Crippen molar-refractivity contribution in [2.75, 3.05) is 19.3 Å². The molecule has 0 aliphatic carbocycles. The number of rotatable bonds is 8. The van der Waals surface area contributed by atoms with E-state index in [1.165, 1.54) is 11.8 Å². The second kappa shape index (κ2) is 7.84. The highest BCUT2D eigenvalue weighted by molar-refractivity contribution is 7.90. The molecule has 1 aromatic rings. The number of hydrogen-bond acceptors (Lipinski definition) is 5. The Balaban J connectivity index is 3.23. The molecule has 21 heavy (non-hydrogen) atoms. The first kappa shape index (κ1) is 18.0. The van der Waals surface area contributed by atoms with E-state index in [-0.39, 0.29) is 0 Å². The SMILES string of the molecule is CCNCCc1c(CC)nc(C(C)S(C)(=O)=O)nc1CC. The smallest absolute Gasteiger partial charge is 0.157 e. The zero-order chi connectivity index (χ0) is 16.0. The van der Waals surface area contributed by atoms with Crippen molar-refractivity contribution in [3.63, 3.8) is 0 Å². The van der Waals surface area contributed by atoms with Gasteiger partial charge in [-0.15, -0.1) is 0 Å². The molecule has 0 aromatic carbocycles. The molecular formula is C15H27N3O2S. The minimum absolute atomic E-state index is 0.429. The molecule has 0 amide bonds. The molecule has 0 saturated heterocycles. The zero-order valence-corrected chi connectivity index (χ0v) is 14.5. The van der Waals surface area contributed by atoms with E-state index in [2.05, 4.69) is 22.2 Å². The lowest BCUT2D eigenvalue weighted by molar-refractivity contribution is 0.587. The summed E-state index contributed by atoms with van der Waals surface area (Å²) >= 11 is 0. The molecule has 1 aromatic heterocycles. The van der Waals surface area contributed by atoms with E-state index < -0.39 is 15.1 Å². The Labute approximate surface area is 128 Å². The van der Waals surface area contributed by atoms with E-state index in [9.17, 15) is 8.42 Å². The van der Waals surface area contributed by atoms with Crippen LogP contribution in [0.2, 0.25) is 0 Å². The van der Waals surface area contributed by atoms with Crippen LogP contribution in [-0.4, -0.2) is 37.7 Å². The topological polar surface area (TPSA) is 72.0 Å². The fourth-order valence-corrected chi connectivity index (χ4v) is 2.73. The van der Waals surface area contributed by atoms with Crippen molar-refractivity contribution in [1.82, 2.24) is 15.3 Å². The van der Waals surface area contributed by atoms with E-state index in [0.717, 1.165) is 43.7 Å². The Kier molecular flexibility index (Phi) is 6.74. The lowest BCUT2D eigenvalue weighted by atomic mass is 10.0. The highest BCUT2D eigenvalue weighted by Gasteiger charge is 2.22. The molecule has 120 valence electrons. The molecule has 1 atom stereocenters. The number of nitrogens with one attached hydrogen (secondary N) is 1. The minimum atomic E-state index is -3.18. The standard InChI is InChI=1S/C15H27N3O2S/c1-6-13-12(9-10-16-8-3)14(7-2)18-15(17-13)11(4)21(5,19)20/h11,16H,6-10H2,1-5H3. The summed E-state index contributed by atoms with van der Waals surface area (Å²) in [5.41, 5.74) is 3.13. The van der Waals surface area contributed by atoms with Crippen molar-refractivity contribution >= 4 is 9.84 Å². The Hall–Kier alpha value is -1.01. The summed E-state index contributed by atoms with van der Waals surface area (Å²) in [6.45, 7) is 9.66. The summed E-state index contributed by atoms with van der Waals surface area (Å²) in [6.07, 6.45) is 3.70. The van der Waals surface area contributed by atoms with E-state index in [1.54, 1.807) is 6.92 Å². The molecule has 1 heterocycles. The van der Waals surface area contributed by atoms with Crippen LogP contribution >= 0.6 is 0 Å². The van der Waals surface area contributed by atoms with Gasteiger partial charge in [-0.3, -0.25) is 0 Å². The van der Waals surface area contributed by atoms with Crippen molar-refractivity contribution in [2.24, 2.45) is 0 Å². The lowest BCUT2D eigenvalue weighted by Gasteiger charge is -2.16. The average molecular weight is 313 g/mol. The average Bonchev–Trinajstić information content (AvgIpc) is 2.45. The van der Waals surface area contributed by atoms with Gasteiger partial charge in [0.25, 0.3) is 0 Å². The van der Waals surface area contributed by atoms with E-state index in [0.29, 0.717) is 5.82 Å². The van der Waals surface area contributed by atoms with Crippen molar-refractivity contribution < 1.29 is 8.42 Å². The fraction of sp³-hybridized carbons (Fsp3) is 0.733. The molecule has 6 heteroatoms. The number of sulfone groups is 1. The third kappa shape index (κ3) is 4.74. The van der Waals surface area contributed by atoms with Gasteiger partial charge < -0.3 is 5.32 Å². The van der Waals surface area contributed by atoms with Crippen LogP contribution in [0.4, 0.5) is 0 Å². The maximum Gasteiger partial charge on any atom is 0.157 e. The zero-order valence-electron chi connectivity index (χ0n) is 13.7. The molecule has 0 bridgehead atoms. The highest BCUT2D eigenvalue weighted by Crippen LogP contribution is 2.21. The first-order chi connectivity index (χ1) is 9.85. The van der Waals surface area contributed by atoms with Gasteiger partial charge in [0.2, 0.25) is 0 Å². The molecule has 0 radical (unpaired) electrons. The van der Waals surface area contributed by atoms with E-state index >= 15 is 0 Å². The van der Waals surface area contributed by atoms with Gasteiger partial charge in [0.15, 0.2) is 9.84 Å². The van der Waals surface area contributed by atoms with Crippen LogP contribution in [0.25, 0.3) is 0 Å². The Bertz CT molecular complexity index is 545. The van der Waals surface area contributed by atoms with Crippen LogP contribution in [0.5, 0.6) is 0 Å². The Morgan fingerprint density at radius 2 is 1.62 bits per heavy atom. The first-order valence-corrected chi connectivity index (χ1v) is 9.58. The Morgan fingerprint density at radius 3 is 2.00 bits per heavy atom. The molecular weight excluding hydrogens is 286 g/mol. The predicted octanol–water partition coefficient (Wildman–Crippen LogP) is 1.86. The summed E-state index contributed by atoms with van der Waals surface area (Å²) in [5.74, 6) is 0.429. The van der Waals surface area contributed by atoms with Gasteiger partial charge in [0.1, 0.15) is 11.1 Å². The van der Waals surface area contributed by atoms with E-state index in [4.69, 9.17) is 0 Å². The lowest BCUT2D eigenvalue weighted by Crippen LogP contribution is -2.20. The molecule has 1 unspecified atom stereocenters. The van der Waals surface area contributed by atoms with Gasteiger partial charge in [0.05, 0.1) is 0 Å². The molecule has 0 saturated carbocycles. The van der Waals surface area contributed by atoms with Gasteiger partial charge in [-0.1, -0.05) is 20.8 Å².